The highest BCUT2D eigenvalue weighted by molar-refractivity contribution is 5.96. The van der Waals surface area contributed by atoms with E-state index in [4.69, 9.17) is 14.2 Å². The Morgan fingerprint density at radius 1 is 1.00 bits per heavy atom. The zero-order valence-electron chi connectivity index (χ0n) is 17.8. The molecule has 31 heavy (non-hydrogen) atoms. The van der Waals surface area contributed by atoms with Crippen LogP contribution in [0, 0.1) is 13.8 Å². The number of rotatable bonds is 7. The molecule has 0 spiro atoms. The summed E-state index contributed by atoms with van der Waals surface area (Å²) < 4.78 is 16.0. The number of amides is 2. The van der Waals surface area contributed by atoms with Crippen LogP contribution in [0.3, 0.4) is 0 Å². The van der Waals surface area contributed by atoms with Gasteiger partial charge >= 0.3 is 5.97 Å². The molecule has 0 saturated heterocycles. The molecule has 0 bridgehead atoms. The lowest BCUT2D eigenvalue weighted by Gasteiger charge is -2.21. The van der Waals surface area contributed by atoms with Crippen molar-refractivity contribution in [2.45, 2.75) is 26.8 Å². The Morgan fingerprint density at radius 2 is 1.74 bits per heavy atom. The van der Waals surface area contributed by atoms with Crippen LogP contribution in [0.25, 0.3) is 0 Å². The summed E-state index contributed by atoms with van der Waals surface area (Å²) in [5.41, 5.74) is 3.36. The molecule has 1 aliphatic heterocycles. The first-order valence-corrected chi connectivity index (χ1v) is 10.0. The van der Waals surface area contributed by atoms with Gasteiger partial charge in [0.25, 0.3) is 11.8 Å². The second-order valence-electron chi connectivity index (χ2n) is 7.33. The highest BCUT2D eigenvalue weighted by Gasteiger charge is 2.17. The Balaban J connectivity index is 1.42. The van der Waals surface area contributed by atoms with Gasteiger partial charge in [0.1, 0.15) is 19.8 Å². The van der Waals surface area contributed by atoms with Crippen LogP contribution in [0.5, 0.6) is 11.5 Å². The second kappa shape index (κ2) is 9.97. The molecular weight excluding hydrogens is 400 g/mol. The fourth-order valence-electron chi connectivity index (χ4n) is 3.03. The van der Waals surface area contributed by atoms with Crippen LogP contribution in [0.15, 0.2) is 36.4 Å². The standard InChI is InChI=1S/C23H26N2O6/c1-14-4-5-18(10-15(14)2)23(28)24-12-22(27)31-13-21(26)25-16(3)17-6-7-19-20(11-17)30-9-8-29-19/h4-7,10-11,16H,8-9,12-13H2,1-3H3,(H,24,28)(H,25,26). The minimum Gasteiger partial charge on any atom is -0.486 e. The number of ether oxygens (including phenoxy) is 3. The maximum atomic E-state index is 12.1. The van der Waals surface area contributed by atoms with Crippen LogP contribution >= 0.6 is 0 Å². The van der Waals surface area contributed by atoms with Gasteiger partial charge < -0.3 is 24.8 Å². The summed E-state index contributed by atoms with van der Waals surface area (Å²) >= 11 is 0. The van der Waals surface area contributed by atoms with Crippen molar-refractivity contribution in [3.8, 4) is 11.5 Å². The van der Waals surface area contributed by atoms with Crippen molar-refractivity contribution in [2.75, 3.05) is 26.4 Å². The van der Waals surface area contributed by atoms with E-state index in [9.17, 15) is 14.4 Å². The van der Waals surface area contributed by atoms with Gasteiger partial charge in [0, 0.05) is 5.56 Å². The third-order valence-corrected chi connectivity index (χ3v) is 4.97. The largest absolute Gasteiger partial charge is 0.486 e. The molecule has 164 valence electrons. The Morgan fingerprint density at radius 3 is 2.48 bits per heavy atom. The average Bonchev–Trinajstić information content (AvgIpc) is 2.77. The summed E-state index contributed by atoms with van der Waals surface area (Å²) in [4.78, 5) is 36.1. The van der Waals surface area contributed by atoms with E-state index in [0.29, 0.717) is 30.3 Å². The van der Waals surface area contributed by atoms with Gasteiger partial charge in [-0.05, 0) is 61.7 Å². The molecular formula is C23H26N2O6. The van der Waals surface area contributed by atoms with Gasteiger partial charge in [0.05, 0.1) is 6.04 Å². The zero-order valence-corrected chi connectivity index (χ0v) is 17.8. The van der Waals surface area contributed by atoms with Gasteiger partial charge in [-0.3, -0.25) is 14.4 Å². The van der Waals surface area contributed by atoms with E-state index in [1.807, 2.05) is 39.0 Å². The summed E-state index contributed by atoms with van der Waals surface area (Å²) in [6.07, 6.45) is 0. The van der Waals surface area contributed by atoms with Gasteiger partial charge in [-0.1, -0.05) is 12.1 Å². The molecule has 8 nitrogen and oxygen atoms in total. The Kier molecular flexibility index (Phi) is 7.12. The molecule has 1 aliphatic rings. The molecule has 0 radical (unpaired) electrons. The highest BCUT2D eigenvalue weighted by Crippen LogP contribution is 2.32. The number of aryl methyl sites for hydroxylation is 2. The van der Waals surface area contributed by atoms with Crippen LogP contribution in [0.1, 0.15) is 40.0 Å². The number of nitrogens with one attached hydrogen (secondary N) is 2. The van der Waals surface area contributed by atoms with Gasteiger partial charge in [-0.15, -0.1) is 0 Å². The fraction of sp³-hybridized carbons (Fsp3) is 0.348. The summed E-state index contributed by atoms with van der Waals surface area (Å²) in [6.45, 7) is 5.90. The molecule has 2 aromatic rings. The highest BCUT2D eigenvalue weighted by atomic mass is 16.6. The van der Waals surface area contributed by atoms with Crippen LogP contribution in [0.2, 0.25) is 0 Å². The maximum Gasteiger partial charge on any atom is 0.325 e. The van der Waals surface area contributed by atoms with E-state index in [2.05, 4.69) is 10.6 Å². The molecule has 8 heteroatoms. The molecule has 1 unspecified atom stereocenters. The lowest BCUT2D eigenvalue weighted by Crippen LogP contribution is -2.34. The smallest absolute Gasteiger partial charge is 0.325 e. The Bertz CT molecular complexity index is 988. The molecule has 3 rings (SSSR count). The summed E-state index contributed by atoms with van der Waals surface area (Å²) in [7, 11) is 0. The average molecular weight is 426 g/mol. The van der Waals surface area contributed by atoms with Crippen LogP contribution in [-0.4, -0.2) is 44.1 Å². The fourth-order valence-corrected chi connectivity index (χ4v) is 3.03. The van der Waals surface area contributed by atoms with Crippen LogP contribution < -0.4 is 20.1 Å². The lowest BCUT2D eigenvalue weighted by molar-refractivity contribution is -0.147. The van der Waals surface area contributed by atoms with E-state index in [1.165, 1.54) is 0 Å². The van der Waals surface area contributed by atoms with E-state index in [1.54, 1.807) is 18.2 Å². The predicted octanol–water partition coefficient (Wildman–Crippen LogP) is 2.23. The molecule has 2 amide bonds. The number of carbonyl (C=O) groups is 3. The molecule has 2 aromatic carbocycles. The zero-order chi connectivity index (χ0) is 22.4. The number of carbonyl (C=O) groups excluding carboxylic acids is 3. The monoisotopic (exact) mass is 426 g/mol. The molecule has 1 heterocycles. The van der Waals surface area contributed by atoms with Gasteiger partial charge in [0.2, 0.25) is 0 Å². The Labute approximate surface area is 180 Å². The van der Waals surface area contributed by atoms with Crippen molar-refractivity contribution in [1.29, 1.82) is 0 Å². The number of hydrogen-bond donors (Lipinski definition) is 2. The first kappa shape index (κ1) is 22.1. The van der Waals surface area contributed by atoms with Crippen molar-refractivity contribution in [3.05, 3.63) is 58.7 Å². The number of hydrogen-bond acceptors (Lipinski definition) is 6. The summed E-state index contributed by atoms with van der Waals surface area (Å²) in [6, 6.07) is 10.4. The third-order valence-electron chi connectivity index (χ3n) is 4.97. The first-order chi connectivity index (χ1) is 14.8. The molecule has 1 atom stereocenters. The van der Waals surface area contributed by atoms with Gasteiger partial charge in [-0.25, -0.2) is 0 Å². The topological polar surface area (TPSA) is 103 Å². The van der Waals surface area contributed by atoms with Gasteiger partial charge in [-0.2, -0.15) is 0 Å². The molecule has 2 N–H and O–H groups in total. The predicted molar refractivity (Wildman–Crippen MR) is 113 cm³/mol. The van der Waals surface area contributed by atoms with Crippen molar-refractivity contribution < 1.29 is 28.6 Å². The van der Waals surface area contributed by atoms with Crippen LogP contribution in [0.4, 0.5) is 0 Å². The number of esters is 1. The van der Waals surface area contributed by atoms with Crippen molar-refractivity contribution in [3.63, 3.8) is 0 Å². The van der Waals surface area contributed by atoms with Gasteiger partial charge in [0.15, 0.2) is 18.1 Å². The first-order valence-electron chi connectivity index (χ1n) is 10.0. The van der Waals surface area contributed by atoms with Crippen molar-refractivity contribution in [2.24, 2.45) is 0 Å². The van der Waals surface area contributed by atoms with Crippen molar-refractivity contribution >= 4 is 17.8 Å². The van der Waals surface area contributed by atoms with E-state index in [0.717, 1.165) is 16.7 Å². The van der Waals surface area contributed by atoms with E-state index >= 15 is 0 Å². The molecule has 0 fully saturated rings. The quantitative estimate of drug-likeness (QED) is 0.658. The van der Waals surface area contributed by atoms with E-state index in [-0.39, 0.29) is 18.5 Å². The maximum absolute atomic E-state index is 12.1. The minimum absolute atomic E-state index is 0.313. The second-order valence-corrected chi connectivity index (χ2v) is 7.33. The van der Waals surface area contributed by atoms with E-state index < -0.39 is 18.5 Å². The molecule has 0 aliphatic carbocycles. The summed E-state index contributed by atoms with van der Waals surface area (Å²) in [5, 5.41) is 5.25. The number of benzene rings is 2. The minimum atomic E-state index is -0.695. The number of fused-ring (bicyclic) bond motifs is 1. The summed E-state index contributed by atoms with van der Waals surface area (Å²) in [5.74, 6) is -0.214. The van der Waals surface area contributed by atoms with Crippen molar-refractivity contribution in [1.82, 2.24) is 10.6 Å². The lowest BCUT2D eigenvalue weighted by atomic mass is 10.1. The molecule has 0 saturated carbocycles. The Hall–Kier alpha value is -3.55. The SMILES string of the molecule is Cc1ccc(C(=O)NCC(=O)OCC(=O)NC(C)c2ccc3c(c2)OCCO3)cc1C. The normalized spacial score (nSPS) is 13.1. The third kappa shape index (κ3) is 5.97. The van der Waals surface area contributed by atoms with Crippen LogP contribution in [-0.2, 0) is 14.3 Å². The molecule has 0 aromatic heterocycles.